The van der Waals surface area contributed by atoms with Crippen molar-refractivity contribution in [2.45, 2.75) is 19.4 Å². The molecular formula is C19H20N4O. The van der Waals surface area contributed by atoms with Crippen LogP contribution in [0, 0.1) is 17.2 Å². The van der Waals surface area contributed by atoms with Crippen LogP contribution in [-0.2, 0) is 11.3 Å². The molecule has 1 N–H and O–H groups in total. The minimum Gasteiger partial charge on any atom is -0.355 e. The average Bonchev–Trinajstić information content (AvgIpc) is 2.67. The number of pyridine rings is 1. The molecule has 122 valence electrons. The monoisotopic (exact) mass is 320 g/mol. The second-order valence-electron chi connectivity index (χ2n) is 5.95. The molecule has 2 aromatic rings. The van der Waals surface area contributed by atoms with Crippen molar-refractivity contribution in [2.75, 3.05) is 18.0 Å². The minimum atomic E-state index is 0.0270. The number of carbonyl (C=O) groups is 1. The van der Waals surface area contributed by atoms with E-state index < -0.39 is 0 Å². The number of anilines is 1. The summed E-state index contributed by atoms with van der Waals surface area (Å²) in [7, 11) is 0. The van der Waals surface area contributed by atoms with E-state index in [9.17, 15) is 10.1 Å². The van der Waals surface area contributed by atoms with Gasteiger partial charge in [0.15, 0.2) is 0 Å². The van der Waals surface area contributed by atoms with E-state index in [0.29, 0.717) is 12.1 Å². The predicted molar refractivity (Wildman–Crippen MR) is 92.2 cm³/mol. The number of amides is 1. The summed E-state index contributed by atoms with van der Waals surface area (Å²) in [5.74, 6) is 0.863. The molecule has 5 nitrogen and oxygen atoms in total. The second kappa shape index (κ2) is 7.60. The topological polar surface area (TPSA) is 69.0 Å². The van der Waals surface area contributed by atoms with Gasteiger partial charge in [-0.15, -0.1) is 0 Å². The minimum absolute atomic E-state index is 0.0270. The van der Waals surface area contributed by atoms with E-state index in [4.69, 9.17) is 0 Å². The first kappa shape index (κ1) is 16.0. The summed E-state index contributed by atoms with van der Waals surface area (Å²) in [6.45, 7) is 2.06. The molecule has 3 rings (SSSR count). The Morgan fingerprint density at radius 2 is 1.96 bits per heavy atom. The van der Waals surface area contributed by atoms with Gasteiger partial charge < -0.3 is 10.2 Å². The fraction of sp³-hybridized carbons (Fsp3) is 0.316. The second-order valence-corrected chi connectivity index (χ2v) is 5.95. The maximum atomic E-state index is 12.3. The Bertz CT molecular complexity index is 731. The van der Waals surface area contributed by atoms with Gasteiger partial charge in [0.25, 0.3) is 0 Å². The molecule has 1 saturated heterocycles. The van der Waals surface area contributed by atoms with E-state index in [1.165, 1.54) is 0 Å². The third kappa shape index (κ3) is 3.72. The van der Waals surface area contributed by atoms with Gasteiger partial charge in [-0.05, 0) is 30.5 Å². The Labute approximate surface area is 141 Å². The number of aromatic nitrogens is 1. The Kier molecular flexibility index (Phi) is 5.07. The van der Waals surface area contributed by atoms with Crippen molar-refractivity contribution in [3.63, 3.8) is 0 Å². The Hall–Kier alpha value is -2.87. The number of benzene rings is 1. The van der Waals surface area contributed by atoms with Crippen molar-refractivity contribution in [3.05, 3.63) is 59.8 Å². The molecule has 0 spiro atoms. The van der Waals surface area contributed by atoms with Gasteiger partial charge in [0.05, 0.1) is 5.56 Å². The summed E-state index contributed by atoms with van der Waals surface area (Å²) in [4.78, 5) is 18.8. The molecule has 0 bridgehead atoms. The van der Waals surface area contributed by atoms with Crippen molar-refractivity contribution >= 4 is 11.7 Å². The highest BCUT2D eigenvalue weighted by Gasteiger charge is 2.26. The van der Waals surface area contributed by atoms with E-state index in [1.54, 1.807) is 18.3 Å². The Morgan fingerprint density at radius 3 is 2.67 bits per heavy atom. The van der Waals surface area contributed by atoms with Crippen LogP contribution in [0.3, 0.4) is 0 Å². The lowest BCUT2D eigenvalue weighted by Crippen LogP contribution is -2.41. The number of rotatable bonds is 4. The van der Waals surface area contributed by atoms with E-state index in [1.807, 2.05) is 30.3 Å². The molecular weight excluding hydrogens is 300 g/mol. The molecule has 0 atom stereocenters. The summed E-state index contributed by atoms with van der Waals surface area (Å²) in [6.07, 6.45) is 3.26. The van der Waals surface area contributed by atoms with Gasteiger partial charge in [-0.1, -0.05) is 30.3 Å². The molecule has 1 aliphatic rings. The number of carbonyl (C=O) groups excluding carboxylic acids is 1. The van der Waals surface area contributed by atoms with E-state index in [-0.39, 0.29) is 11.8 Å². The number of nitrogens with zero attached hydrogens (tertiary/aromatic N) is 3. The largest absolute Gasteiger partial charge is 0.355 e. The molecule has 0 radical (unpaired) electrons. The van der Waals surface area contributed by atoms with Gasteiger partial charge in [0.1, 0.15) is 11.9 Å². The van der Waals surface area contributed by atoms with Crippen molar-refractivity contribution < 1.29 is 4.79 Å². The third-order valence-corrected chi connectivity index (χ3v) is 4.38. The van der Waals surface area contributed by atoms with Crippen molar-refractivity contribution in [1.29, 1.82) is 5.26 Å². The average molecular weight is 320 g/mol. The number of piperidine rings is 1. The highest BCUT2D eigenvalue weighted by Crippen LogP contribution is 2.24. The first-order valence-electron chi connectivity index (χ1n) is 8.19. The molecule has 1 aromatic heterocycles. The lowest BCUT2D eigenvalue weighted by molar-refractivity contribution is -0.125. The van der Waals surface area contributed by atoms with Crippen molar-refractivity contribution in [1.82, 2.24) is 10.3 Å². The van der Waals surface area contributed by atoms with Crippen molar-refractivity contribution in [2.24, 2.45) is 5.92 Å². The summed E-state index contributed by atoms with van der Waals surface area (Å²) < 4.78 is 0. The standard InChI is InChI=1S/C19H20N4O/c20-13-17-7-4-10-21-18(17)23-11-8-16(9-12-23)19(24)22-14-15-5-2-1-3-6-15/h1-7,10,16H,8-9,11-12,14H2,(H,22,24). The zero-order chi connectivity index (χ0) is 16.8. The van der Waals surface area contributed by atoms with Crippen LogP contribution in [0.2, 0.25) is 0 Å². The maximum Gasteiger partial charge on any atom is 0.223 e. The fourth-order valence-electron chi connectivity index (χ4n) is 3.02. The molecule has 0 aliphatic carbocycles. The van der Waals surface area contributed by atoms with Crippen LogP contribution in [0.1, 0.15) is 24.0 Å². The van der Waals surface area contributed by atoms with Gasteiger partial charge >= 0.3 is 0 Å². The van der Waals surface area contributed by atoms with E-state index in [0.717, 1.165) is 37.3 Å². The van der Waals surface area contributed by atoms with Gasteiger partial charge in [-0.2, -0.15) is 5.26 Å². The molecule has 1 aliphatic heterocycles. The third-order valence-electron chi connectivity index (χ3n) is 4.38. The highest BCUT2D eigenvalue weighted by atomic mass is 16.1. The molecule has 0 saturated carbocycles. The lowest BCUT2D eigenvalue weighted by atomic mass is 9.95. The molecule has 2 heterocycles. The lowest BCUT2D eigenvalue weighted by Gasteiger charge is -2.32. The summed E-state index contributed by atoms with van der Waals surface area (Å²) in [6, 6.07) is 15.7. The zero-order valence-electron chi connectivity index (χ0n) is 13.5. The molecule has 0 unspecified atom stereocenters. The van der Waals surface area contributed by atoms with Crippen LogP contribution in [-0.4, -0.2) is 24.0 Å². The SMILES string of the molecule is N#Cc1cccnc1N1CCC(C(=O)NCc2ccccc2)CC1. The molecule has 1 amide bonds. The smallest absolute Gasteiger partial charge is 0.223 e. The van der Waals surface area contributed by atoms with Crippen LogP contribution in [0.5, 0.6) is 0 Å². The number of nitriles is 1. The first-order valence-corrected chi connectivity index (χ1v) is 8.19. The van der Waals surface area contributed by atoms with Crippen LogP contribution in [0.4, 0.5) is 5.82 Å². The van der Waals surface area contributed by atoms with Gasteiger partial charge in [0.2, 0.25) is 5.91 Å². The van der Waals surface area contributed by atoms with Gasteiger partial charge in [-0.25, -0.2) is 4.98 Å². The fourth-order valence-corrected chi connectivity index (χ4v) is 3.02. The summed E-state index contributed by atoms with van der Waals surface area (Å²) in [5, 5.41) is 12.2. The first-order chi connectivity index (χ1) is 11.8. The number of nitrogens with one attached hydrogen (secondary N) is 1. The molecule has 1 aromatic carbocycles. The number of hydrogen-bond donors (Lipinski definition) is 1. The highest BCUT2D eigenvalue weighted by molar-refractivity contribution is 5.79. The number of hydrogen-bond acceptors (Lipinski definition) is 4. The normalized spacial score (nSPS) is 14.9. The van der Waals surface area contributed by atoms with Crippen LogP contribution < -0.4 is 10.2 Å². The zero-order valence-corrected chi connectivity index (χ0v) is 13.5. The molecule has 1 fully saturated rings. The predicted octanol–water partition coefficient (Wildman–Crippen LogP) is 2.49. The molecule has 5 heteroatoms. The Balaban J connectivity index is 1.53. The summed E-state index contributed by atoms with van der Waals surface area (Å²) in [5.41, 5.74) is 1.69. The van der Waals surface area contributed by atoms with Crippen molar-refractivity contribution in [3.8, 4) is 6.07 Å². The summed E-state index contributed by atoms with van der Waals surface area (Å²) >= 11 is 0. The molecule has 24 heavy (non-hydrogen) atoms. The van der Waals surface area contributed by atoms with Crippen LogP contribution >= 0.6 is 0 Å². The van der Waals surface area contributed by atoms with Crippen LogP contribution in [0.25, 0.3) is 0 Å². The van der Waals surface area contributed by atoms with E-state index >= 15 is 0 Å². The Morgan fingerprint density at radius 1 is 1.21 bits per heavy atom. The van der Waals surface area contributed by atoms with Gasteiger partial charge in [0, 0.05) is 31.7 Å². The quantitative estimate of drug-likeness (QED) is 0.939. The van der Waals surface area contributed by atoms with Gasteiger partial charge in [-0.3, -0.25) is 4.79 Å². The maximum absolute atomic E-state index is 12.3. The van der Waals surface area contributed by atoms with Crippen LogP contribution in [0.15, 0.2) is 48.7 Å². The van der Waals surface area contributed by atoms with E-state index in [2.05, 4.69) is 21.3 Å².